The molecule has 1 aromatic carbocycles. The molecule has 1 fully saturated rings. The van der Waals surface area contributed by atoms with E-state index in [0.717, 1.165) is 11.3 Å². The standard InChI is InChI=1S/C15H20N2O3/c1-11-4-3-5-12(10-11)16-14(20)17-8-6-15(2,7-9-17)13(18)19/h3-5,10H,6-9H2,1-2H3,(H,16,20)(H,18,19). The summed E-state index contributed by atoms with van der Waals surface area (Å²) in [4.78, 5) is 25.0. The second-order valence-electron chi connectivity index (χ2n) is 5.65. The van der Waals surface area contributed by atoms with Crippen LogP contribution in [-0.2, 0) is 4.79 Å². The van der Waals surface area contributed by atoms with E-state index in [1.807, 2.05) is 31.2 Å². The van der Waals surface area contributed by atoms with Crippen molar-refractivity contribution < 1.29 is 14.7 Å². The van der Waals surface area contributed by atoms with Crippen molar-refractivity contribution in [3.05, 3.63) is 29.8 Å². The molecule has 0 spiro atoms. The molecule has 1 aliphatic rings. The minimum absolute atomic E-state index is 0.164. The van der Waals surface area contributed by atoms with Crippen LogP contribution in [0.1, 0.15) is 25.3 Å². The van der Waals surface area contributed by atoms with Crippen LogP contribution in [0.3, 0.4) is 0 Å². The number of amides is 2. The van der Waals surface area contributed by atoms with Crippen LogP contribution in [0.2, 0.25) is 0 Å². The van der Waals surface area contributed by atoms with Gasteiger partial charge in [-0.2, -0.15) is 0 Å². The highest BCUT2D eigenvalue weighted by Gasteiger charge is 2.37. The van der Waals surface area contributed by atoms with Gasteiger partial charge in [-0.05, 0) is 44.4 Å². The van der Waals surface area contributed by atoms with Crippen LogP contribution in [0.15, 0.2) is 24.3 Å². The number of nitrogens with one attached hydrogen (secondary N) is 1. The molecule has 0 saturated carbocycles. The average Bonchev–Trinajstić information content (AvgIpc) is 2.39. The van der Waals surface area contributed by atoms with Gasteiger partial charge in [0.05, 0.1) is 5.41 Å². The summed E-state index contributed by atoms with van der Waals surface area (Å²) >= 11 is 0. The molecule has 0 unspecified atom stereocenters. The minimum atomic E-state index is -0.781. The quantitative estimate of drug-likeness (QED) is 0.872. The first kappa shape index (κ1) is 14.4. The van der Waals surface area contributed by atoms with Crippen molar-refractivity contribution in [3.8, 4) is 0 Å². The first-order valence-corrected chi connectivity index (χ1v) is 6.77. The summed E-state index contributed by atoms with van der Waals surface area (Å²) in [6, 6.07) is 7.44. The number of carbonyl (C=O) groups is 2. The zero-order valence-electron chi connectivity index (χ0n) is 11.8. The molecule has 0 aromatic heterocycles. The SMILES string of the molecule is Cc1cccc(NC(=O)N2CCC(C)(C(=O)O)CC2)c1. The highest BCUT2D eigenvalue weighted by Crippen LogP contribution is 2.31. The molecule has 2 N–H and O–H groups in total. The van der Waals surface area contributed by atoms with Gasteiger partial charge in [0.15, 0.2) is 0 Å². The topological polar surface area (TPSA) is 69.6 Å². The van der Waals surface area contributed by atoms with Gasteiger partial charge in [0.25, 0.3) is 0 Å². The largest absolute Gasteiger partial charge is 0.481 e. The van der Waals surface area contributed by atoms with E-state index in [0.29, 0.717) is 25.9 Å². The second kappa shape index (κ2) is 5.53. The van der Waals surface area contributed by atoms with Crippen molar-refractivity contribution in [3.63, 3.8) is 0 Å². The van der Waals surface area contributed by atoms with E-state index in [-0.39, 0.29) is 6.03 Å². The first-order chi connectivity index (χ1) is 9.40. The molecular weight excluding hydrogens is 256 g/mol. The van der Waals surface area contributed by atoms with Crippen molar-refractivity contribution in [2.75, 3.05) is 18.4 Å². The molecule has 1 aliphatic heterocycles. The molecule has 0 bridgehead atoms. The average molecular weight is 276 g/mol. The Balaban J connectivity index is 1.94. The minimum Gasteiger partial charge on any atom is -0.481 e. The number of likely N-dealkylation sites (tertiary alicyclic amines) is 1. The lowest BCUT2D eigenvalue weighted by molar-refractivity contribution is -0.150. The number of aryl methyl sites for hydroxylation is 1. The Kier molecular flexibility index (Phi) is 3.97. The lowest BCUT2D eigenvalue weighted by atomic mass is 9.80. The van der Waals surface area contributed by atoms with Gasteiger partial charge in [0.1, 0.15) is 0 Å². The maximum absolute atomic E-state index is 12.1. The molecule has 108 valence electrons. The number of nitrogens with zero attached hydrogens (tertiary/aromatic N) is 1. The number of carboxylic acid groups (broad SMARTS) is 1. The van der Waals surface area contributed by atoms with Crippen LogP contribution in [0.5, 0.6) is 0 Å². The van der Waals surface area contributed by atoms with E-state index in [1.54, 1.807) is 11.8 Å². The van der Waals surface area contributed by atoms with Gasteiger partial charge >= 0.3 is 12.0 Å². The van der Waals surface area contributed by atoms with E-state index in [1.165, 1.54) is 0 Å². The Labute approximate surface area is 118 Å². The Bertz CT molecular complexity index is 520. The molecular formula is C15H20N2O3. The van der Waals surface area contributed by atoms with Crippen LogP contribution in [-0.4, -0.2) is 35.1 Å². The molecule has 0 aliphatic carbocycles. The number of benzene rings is 1. The monoisotopic (exact) mass is 276 g/mol. The molecule has 1 aromatic rings. The maximum Gasteiger partial charge on any atom is 0.321 e. The number of carboxylic acids is 1. The molecule has 0 atom stereocenters. The van der Waals surface area contributed by atoms with Gasteiger partial charge < -0.3 is 15.3 Å². The van der Waals surface area contributed by atoms with Crippen LogP contribution in [0.4, 0.5) is 10.5 Å². The van der Waals surface area contributed by atoms with Crippen LogP contribution in [0, 0.1) is 12.3 Å². The van der Waals surface area contributed by atoms with E-state index >= 15 is 0 Å². The van der Waals surface area contributed by atoms with E-state index in [2.05, 4.69) is 5.32 Å². The summed E-state index contributed by atoms with van der Waals surface area (Å²) < 4.78 is 0. The van der Waals surface area contributed by atoms with Crippen molar-refractivity contribution in [2.24, 2.45) is 5.41 Å². The van der Waals surface area contributed by atoms with Crippen LogP contribution < -0.4 is 5.32 Å². The predicted molar refractivity (Wildman–Crippen MR) is 76.7 cm³/mol. The predicted octanol–water partition coefficient (Wildman–Crippen LogP) is 2.71. The van der Waals surface area contributed by atoms with Crippen molar-refractivity contribution in [2.45, 2.75) is 26.7 Å². The Hall–Kier alpha value is -2.04. The van der Waals surface area contributed by atoms with E-state index in [9.17, 15) is 9.59 Å². The molecule has 0 radical (unpaired) electrons. The van der Waals surface area contributed by atoms with Gasteiger partial charge in [-0.1, -0.05) is 12.1 Å². The molecule has 2 rings (SSSR count). The third-order valence-electron chi connectivity index (χ3n) is 3.94. The molecule has 5 heteroatoms. The lowest BCUT2D eigenvalue weighted by Crippen LogP contribution is -2.46. The number of urea groups is 1. The normalized spacial score (nSPS) is 17.6. The number of piperidine rings is 1. The number of anilines is 1. The van der Waals surface area contributed by atoms with E-state index < -0.39 is 11.4 Å². The zero-order valence-corrected chi connectivity index (χ0v) is 11.8. The number of rotatable bonds is 2. The van der Waals surface area contributed by atoms with E-state index in [4.69, 9.17) is 5.11 Å². The summed E-state index contributed by atoms with van der Waals surface area (Å²) in [6.45, 7) is 4.65. The lowest BCUT2D eigenvalue weighted by Gasteiger charge is -2.36. The number of hydrogen-bond donors (Lipinski definition) is 2. The van der Waals surface area contributed by atoms with Gasteiger partial charge in [-0.3, -0.25) is 4.79 Å². The molecule has 20 heavy (non-hydrogen) atoms. The Morgan fingerprint density at radius 2 is 1.95 bits per heavy atom. The van der Waals surface area contributed by atoms with Crippen LogP contribution in [0.25, 0.3) is 0 Å². The smallest absolute Gasteiger partial charge is 0.321 e. The van der Waals surface area contributed by atoms with Crippen molar-refractivity contribution in [1.82, 2.24) is 4.90 Å². The molecule has 5 nitrogen and oxygen atoms in total. The third kappa shape index (κ3) is 3.10. The highest BCUT2D eigenvalue weighted by molar-refractivity contribution is 5.89. The van der Waals surface area contributed by atoms with Crippen molar-refractivity contribution >= 4 is 17.7 Å². The zero-order chi connectivity index (χ0) is 14.8. The number of hydrogen-bond acceptors (Lipinski definition) is 2. The Morgan fingerprint density at radius 1 is 1.30 bits per heavy atom. The summed E-state index contributed by atoms with van der Waals surface area (Å²) in [5.41, 5.74) is 1.14. The van der Waals surface area contributed by atoms with Gasteiger partial charge in [0, 0.05) is 18.8 Å². The fourth-order valence-electron chi connectivity index (χ4n) is 2.34. The summed E-state index contributed by atoms with van der Waals surface area (Å²) in [5, 5.41) is 12.0. The maximum atomic E-state index is 12.1. The van der Waals surface area contributed by atoms with Gasteiger partial charge in [-0.15, -0.1) is 0 Å². The summed E-state index contributed by atoms with van der Waals surface area (Å²) in [7, 11) is 0. The fourth-order valence-corrected chi connectivity index (χ4v) is 2.34. The summed E-state index contributed by atoms with van der Waals surface area (Å²) in [6.07, 6.45) is 0.979. The first-order valence-electron chi connectivity index (χ1n) is 6.77. The fraction of sp³-hybridized carbons (Fsp3) is 0.467. The van der Waals surface area contributed by atoms with Gasteiger partial charge in [-0.25, -0.2) is 4.79 Å². The Morgan fingerprint density at radius 3 is 2.50 bits per heavy atom. The second-order valence-corrected chi connectivity index (χ2v) is 5.65. The van der Waals surface area contributed by atoms with Crippen molar-refractivity contribution in [1.29, 1.82) is 0 Å². The third-order valence-corrected chi connectivity index (χ3v) is 3.94. The molecule has 1 saturated heterocycles. The highest BCUT2D eigenvalue weighted by atomic mass is 16.4. The molecule has 1 heterocycles. The van der Waals surface area contributed by atoms with Gasteiger partial charge in [0.2, 0.25) is 0 Å². The molecule has 2 amide bonds. The summed E-state index contributed by atoms with van der Waals surface area (Å²) in [5.74, 6) is -0.781. The van der Waals surface area contributed by atoms with Crippen LogP contribution >= 0.6 is 0 Å². The number of aliphatic carboxylic acids is 1. The number of carbonyl (C=O) groups excluding carboxylic acids is 1.